The zero-order valence-corrected chi connectivity index (χ0v) is 8.82. The number of hydrogen-bond donors (Lipinski definition) is 2. The number of carbonyl (C=O) groups is 1. The number of aliphatic hydroxyl groups excluding tert-OH is 1. The van der Waals surface area contributed by atoms with Gasteiger partial charge in [0, 0.05) is 0 Å². The maximum atomic E-state index is 11.2. The van der Waals surface area contributed by atoms with Crippen LogP contribution in [-0.2, 0) is 4.74 Å². The molecule has 0 radical (unpaired) electrons. The first-order valence-electron chi connectivity index (χ1n) is 5.25. The standard InChI is InChI=1S/C10H19NO3/c1-7(2)14-10(13)11-8-5-3-4-6-9(8)12/h7-9,12H,3-6H2,1-2H3,(H,11,13). The Hall–Kier alpha value is -0.770. The maximum Gasteiger partial charge on any atom is 0.407 e. The Morgan fingerprint density at radius 3 is 2.64 bits per heavy atom. The Bertz CT molecular complexity index is 194. The lowest BCUT2D eigenvalue weighted by molar-refractivity contribution is 0.0710. The molecule has 0 heterocycles. The molecule has 0 aromatic heterocycles. The number of nitrogens with one attached hydrogen (secondary N) is 1. The summed E-state index contributed by atoms with van der Waals surface area (Å²) in [4.78, 5) is 11.2. The van der Waals surface area contributed by atoms with E-state index >= 15 is 0 Å². The van der Waals surface area contributed by atoms with Crippen molar-refractivity contribution in [3.63, 3.8) is 0 Å². The van der Waals surface area contributed by atoms with E-state index in [-0.39, 0.29) is 12.1 Å². The van der Waals surface area contributed by atoms with Crippen molar-refractivity contribution in [2.75, 3.05) is 0 Å². The van der Waals surface area contributed by atoms with Crippen molar-refractivity contribution in [1.29, 1.82) is 0 Å². The second-order valence-electron chi connectivity index (χ2n) is 4.06. The molecule has 1 aliphatic carbocycles. The molecule has 14 heavy (non-hydrogen) atoms. The van der Waals surface area contributed by atoms with E-state index in [0.717, 1.165) is 25.7 Å². The molecule has 1 amide bonds. The van der Waals surface area contributed by atoms with Crippen molar-refractivity contribution in [1.82, 2.24) is 5.32 Å². The number of rotatable bonds is 2. The SMILES string of the molecule is CC(C)OC(=O)NC1CCCCC1O. The summed E-state index contributed by atoms with van der Waals surface area (Å²) in [6.45, 7) is 3.60. The van der Waals surface area contributed by atoms with Crippen molar-refractivity contribution in [3.05, 3.63) is 0 Å². The largest absolute Gasteiger partial charge is 0.447 e. The summed E-state index contributed by atoms with van der Waals surface area (Å²) in [5.41, 5.74) is 0. The Morgan fingerprint density at radius 1 is 1.43 bits per heavy atom. The van der Waals surface area contributed by atoms with Crippen LogP contribution in [0.25, 0.3) is 0 Å². The zero-order chi connectivity index (χ0) is 10.6. The summed E-state index contributed by atoms with van der Waals surface area (Å²) in [5.74, 6) is 0. The highest BCUT2D eigenvalue weighted by molar-refractivity contribution is 5.67. The monoisotopic (exact) mass is 201 g/mol. The van der Waals surface area contributed by atoms with Crippen LogP contribution in [-0.4, -0.2) is 29.4 Å². The van der Waals surface area contributed by atoms with Crippen molar-refractivity contribution in [3.8, 4) is 0 Å². The molecule has 0 aliphatic heterocycles. The summed E-state index contributed by atoms with van der Waals surface area (Å²) in [5, 5.41) is 12.3. The third kappa shape index (κ3) is 3.54. The van der Waals surface area contributed by atoms with E-state index in [1.54, 1.807) is 13.8 Å². The van der Waals surface area contributed by atoms with E-state index in [4.69, 9.17) is 4.74 Å². The third-order valence-electron chi connectivity index (χ3n) is 2.38. The predicted octanol–water partition coefficient (Wildman–Crippen LogP) is 1.42. The molecule has 2 N–H and O–H groups in total. The minimum atomic E-state index is -0.425. The molecule has 1 aliphatic rings. The van der Waals surface area contributed by atoms with Gasteiger partial charge >= 0.3 is 6.09 Å². The summed E-state index contributed by atoms with van der Waals surface area (Å²) in [7, 11) is 0. The Kier molecular flexibility index (Phi) is 4.20. The average Bonchev–Trinajstić information content (AvgIpc) is 2.07. The summed E-state index contributed by atoms with van der Waals surface area (Å²) in [6.07, 6.45) is 2.76. The second kappa shape index (κ2) is 5.20. The molecular weight excluding hydrogens is 182 g/mol. The van der Waals surface area contributed by atoms with Gasteiger partial charge in [0.25, 0.3) is 0 Å². The predicted molar refractivity (Wildman–Crippen MR) is 53.0 cm³/mol. The fourth-order valence-electron chi connectivity index (χ4n) is 1.68. The van der Waals surface area contributed by atoms with Gasteiger partial charge < -0.3 is 15.2 Å². The molecule has 2 unspecified atom stereocenters. The second-order valence-corrected chi connectivity index (χ2v) is 4.06. The molecule has 0 spiro atoms. The molecule has 2 atom stereocenters. The van der Waals surface area contributed by atoms with Gasteiger partial charge in [-0.25, -0.2) is 4.79 Å². The van der Waals surface area contributed by atoms with Crippen LogP contribution in [0.5, 0.6) is 0 Å². The topological polar surface area (TPSA) is 58.6 Å². The average molecular weight is 201 g/mol. The molecule has 0 saturated heterocycles. The lowest BCUT2D eigenvalue weighted by Gasteiger charge is -2.28. The van der Waals surface area contributed by atoms with Gasteiger partial charge in [0.1, 0.15) is 0 Å². The van der Waals surface area contributed by atoms with Crippen LogP contribution in [0.4, 0.5) is 4.79 Å². The van der Waals surface area contributed by atoms with Gasteiger partial charge in [0.05, 0.1) is 18.2 Å². The van der Waals surface area contributed by atoms with Gasteiger partial charge in [-0.05, 0) is 26.7 Å². The zero-order valence-electron chi connectivity index (χ0n) is 8.82. The molecule has 1 rings (SSSR count). The fourth-order valence-corrected chi connectivity index (χ4v) is 1.68. The van der Waals surface area contributed by atoms with E-state index < -0.39 is 12.2 Å². The molecule has 1 saturated carbocycles. The van der Waals surface area contributed by atoms with E-state index in [9.17, 15) is 9.90 Å². The smallest absolute Gasteiger partial charge is 0.407 e. The number of hydrogen-bond acceptors (Lipinski definition) is 3. The third-order valence-corrected chi connectivity index (χ3v) is 2.38. The summed E-state index contributed by atoms with van der Waals surface area (Å²) in [6, 6.07) is -0.130. The van der Waals surface area contributed by atoms with Crippen LogP contribution >= 0.6 is 0 Å². The molecule has 4 nitrogen and oxygen atoms in total. The number of alkyl carbamates (subject to hydrolysis) is 1. The number of amides is 1. The lowest BCUT2D eigenvalue weighted by Crippen LogP contribution is -2.45. The summed E-state index contributed by atoms with van der Waals surface area (Å²) >= 11 is 0. The van der Waals surface area contributed by atoms with Gasteiger partial charge in [-0.3, -0.25) is 0 Å². The number of carbonyl (C=O) groups excluding carboxylic acids is 1. The first-order chi connectivity index (χ1) is 6.59. The van der Waals surface area contributed by atoms with Gasteiger partial charge in [-0.2, -0.15) is 0 Å². The normalized spacial score (nSPS) is 27.4. The maximum absolute atomic E-state index is 11.2. The van der Waals surface area contributed by atoms with Gasteiger partial charge in [0.15, 0.2) is 0 Å². The van der Waals surface area contributed by atoms with Crippen LogP contribution in [0, 0.1) is 0 Å². The number of aliphatic hydroxyl groups is 1. The quantitative estimate of drug-likeness (QED) is 0.710. The molecule has 0 aromatic carbocycles. The van der Waals surface area contributed by atoms with Gasteiger partial charge in [0.2, 0.25) is 0 Å². The molecular formula is C10H19NO3. The fraction of sp³-hybridized carbons (Fsp3) is 0.900. The van der Waals surface area contributed by atoms with E-state index in [1.165, 1.54) is 0 Å². The molecule has 4 heteroatoms. The minimum absolute atomic E-state index is 0.115. The van der Waals surface area contributed by atoms with Crippen LogP contribution < -0.4 is 5.32 Å². The van der Waals surface area contributed by atoms with Crippen molar-refractivity contribution in [2.24, 2.45) is 0 Å². The first kappa shape index (κ1) is 11.3. The highest BCUT2D eigenvalue weighted by atomic mass is 16.6. The highest BCUT2D eigenvalue weighted by Gasteiger charge is 2.24. The number of ether oxygens (including phenoxy) is 1. The van der Waals surface area contributed by atoms with Gasteiger partial charge in [-0.1, -0.05) is 12.8 Å². The van der Waals surface area contributed by atoms with Gasteiger partial charge in [-0.15, -0.1) is 0 Å². The molecule has 82 valence electrons. The Labute approximate surface area is 84.6 Å². The molecule has 1 fully saturated rings. The summed E-state index contributed by atoms with van der Waals surface area (Å²) < 4.78 is 4.94. The Balaban J connectivity index is 2.31. The van der Waals surface area contributed by atoms with E-state index in [2.05, 4.69) is 5.32 Å². The van der Waals surface area contributed by atoms with Crippen LogP contribution in [0.15, 0.2) is 0 Å². The highest BCUT2D eigenvalue weighted by Crippen LogP contribution is 2.18. The van der Waals surface area contributed by atoms with E-state index in [1.807, 2.05) is 0 Å². The Morgan fingerprint density at radius 2 is 2.07 bits per heavy atom. The van der Waals surface area contributed by atoms with Crippen LogP contribution in [0.3, 0.4) is 0 Å². The van der Waals surface area contributed by atoms with Crippen molar-refractivity contribution >= 4 is 6.09 Å². The lowest BCUT2D eigenvalue weighted by atomic mass is 9.93. The minimum Gasteiger partial charge on any atom is -0.447 e. The molecule has 0 bridgehead atoms. The van der Waals surface area contributed by atoms with Crippen molar-refractivity contribution < 1.29 is 14.6 Å². The van der Waals surface area contributed by atoms with Crippen molar-refractivity contribution in [2.45, 2.75) is 57.8 Å². The first-order valence-corrected chi connectivity index (χ1v) is 5.25. The molecule has 0 aromatic rings. The van der Waals surface area contributed by atoms with Crippen LogP contribution in [0.1, 0.15) is 39.5 Å². The van der Waals surface area contributed by atoms with E-state index in [0.29, 0.717) is 0 Å². The van der Waals surface area contributed by atoms with Crippen LogP contribution in [0.2, 0.25) is 0 Å².